The normalized spacial score (nSPS) is 12.6. The molecule has 0 radical (unpaired) electrons. The van der Waals surface area contributed by atoms with E-state index < -0.39 is 5.91 Å². The molecule has 0 aliphatic rings. The molecule has 2 amide bonds. The van der Waals surface area contributed by atoms with Gasteiger partial charge in [0.1, 0.15) is 17.2 Å². The monoisotopic (exact) mass is 405 g/mol. The molecule has 0 fully saturated rings. The number of hydrogen-bond acceptors (Lipinski definition) is 5. The van der Waals surface area contributed by atoms with Gasteiger partial charge >= 0.3 is 0 Å². The zero-order valence-electron chi connectivity index (χ0n) is 16.7. The van der Waals surface area contributed by atoms with Crippen molar-refractivity contribution in [3.8, 4) is 11.5 Å². The van der Waals surface area contributed by atoms with Gasteiger partial charge in [0.25, 0.3) is 11.8 Å². The molecule has 2 atom stereocenters. The van der Waals surface area contributed by atoms with Crippen LogP contribution in [0, 0.1) is 0 Å². The molecule has 0 bridgehead atoms. The zero-order valence-corrected chi connectivity index (χ0v) is 16.7. The van der Waals surface area contributed by atoms with E-state index in [0.29, 0.717) is 5.56 Å². The van der Waals surface area contributed by atoms with Crippen molar-refractivity contribution in [3.63, 3.8) is 0 Å². The molecular weight excluding hydrogens is 382 g/mol. The van der Waals surface area contributed by atoms with Crippen molar-refractivity contribution in [2.45, 2.75) is 25.9 Å². The molecule has 2 aromatic carbocycles. The summed E-state index contributed by atoms with van der Waals surface area (Å²) < 4.78 is 0. The van der Waals surface area contributed by atoms with Crippen LogP contribution in [0.1, 0.15) is 57.9 Å². The smallest absolute Gasteiger partial charge is 0.270 e. The summed E-state index contributed by atoms with van der Waals surface area (Å²) in [6, 6.07) is 15.5. The molecule has 0 aliphatic carbocycles. The molecule has 30 heavy (non-hydrogen) atoms. The Hall–Kier alpha value is -3.87. The fourth-order valence-electron chi connectivity index (χ4n) is 2.94. The third kappa shape index (κ3) is 5.14. The third-order valence-electron chi connectivity index (χ3n) is 4.74. The zero-order chi connectivity index (χ0) is 21.7. The van der Waals surface area contributed by atoms with Crippen LogP contribution >= 0.6 is 0 Å². The van der Waals surface area contributed by atoms with Crippen molar-refractivity contribution in [2.75, 3.05) is 0 Å². The molecular formula is C23H23N3O4. The van der Waals surface area contributed by atoms with Crippen LogP contribution in [0.3, 0.4) is 0 Å². The summed E-state index contributed by atoms with van der Waals surface area (Å²) in [6.45, 7) is 3.65. The lowest BCUT2D eigenvalue weighted by Crippen LogP contribution is -2.29. The number of carbonyl (C=O) groups is 2. The molecule has 3 rings (SSSR count). The van der Waals surface area contributed by atoms with Crippen molar-refractivity contribution >= 4 is 11.8 Å². The number of amides is 2. The van der Waals surface area contributed by atoms with Gasteiger partial charge in [-0.15, -0.1) is 0 Å². The van der Waals surface area contributed by atoms with Crippen molar-refractivity contribution < 1.29 is 19.8 Å². The molecule has 7 heteroatoms. The summed E-state index contributed by atoms with van der Waals surface area (Å²) in [5.41, 5.74) is 2.12. The highest BCUT2D eigenvalue weighted by Gasteiger charge is 2.16. The van der Waals surface area contributed by atoms with Crippen LogP contribution in [-0.4, -0.2) is 27.0 Å². The Morgan fingerprint density at radius 2 is 1.23 bits per heavy atom. The Kier molecular flexibility index (Phi) is 6.32. The summed E-state index contributed by atoms with van der Waals surface area (Å²) in [6.07, 6.45) is 1.42. The van der Waals surface area contributed by atoms with Crippen molar-refractivity contribution in [2.24, 2.45) is 0 Å². The van der Waals surface area contributed by atoms with E-state index in [2.05, 4.69) is 15.6 Å². The van der Waals surface area contributed by atoms with Crippen molar-refractivity contribution in [3.05, 3.63) is 89.2 Å². The predicted octanol–water partition coefficient (Wildman–Crippen LogP) is 3.47. The van der Waals surface area contributed by atoms with E-state index in [1.807, 2.05) is 13.8 Å². The number of aromatic hydroxyl groups is 2. The first-order valence-electron chi connectivity index (χ1n) is 9.49. The van der Waals surface area contributed by atoms with Crippen molar-refractivity contribution in [1.29, 1.82) is 0 Å². The average molecular weight is 405 g/mol. The minimum atomic E-state index is -0.406. The standard InChI is InChI=1S/C23H23N3O4/c1-14(16-3-7-19(27)8-4-16)25-22(29)18-11-12-24-21(13-18)23(30)26-15(2)17-5-9-20(28)10-6-17/h3-15,27-28H,1-2H3,(H,25,29)(H,26,30). The number of rotatable bonds is 6. The van der Waals surface area contributed by atoms with Crippen LogP contribution in [0.4, 0.5) is 0 Å². The second-order valence-corrected chi connectivity index (χ2v) is 7.00. The molecule has 0 aliphatic heterocycles. The molecule has 0 saturated carbocycles. The third-order valence-corrected chi connectivity index (χ3v) is 4.74. The lowest BCUT2D eigenvalue weighted by Gasteiger charge is -2.16. The Balaban J connectivity index is 1.67. The van der Waals surface area contributed by atoms with E-state index in [-0.39, 0.29) is 35.2 Å². The number of aromatic nitrogens is 1. The second kappa shape index (κ2) is 9.09. The molecule has 2 unspecified atom stereocenters. The van der Waals surface area contributed by atoms with E-state index in [4.69, 9.17) is 0 Å². The van der Waals surface area contributed by atoms with Crippen LogP contribution in [0.5, 0.6) is 11.5 Å². The molecule has 0 saturated heterocycles. The summed E-state index contributed by atoms with van der Waals surface area (Å²) in [5, 5.41) is 24.5. The largest absolute Gasteiger partial charge is 0.508 e. The number of hydrogen-bond donors (Lipinski definition) is 4. The van der Waals surface area contributed by atoms with Crippen LogP contribution in [0.25, 0.3) is 0 Å². The first kappa shape index (κ1) is 20.9. The minimum Gasteiger partial charge on any atom is -0.508 e. The fraction of sp³-hybridized carbons (Fsp3) is 0.174. The van der Waals surface area contributed by atoms with Crippen LogP contribution < -0.4 is 10.6 Å². The number of phenolic OH excluding ortho intramolecular Hbond substituents is 2. The quantitative estimate of drug-likeness (QED) is 0.502. The van der Waals surface area contributed by atoms with E-state index >= 15 is 0 Å². The summed E-state index contributed by atoms with van der Waals surface area (Å²) >= 11 is 0. The van der Waals surface area contributed by atoms with E-state index in [1.54, 1.807) is 54.6 Å². The number of carbonyl (C=O) groups excluding carboxylic acids is 2. The lowest BCUT2D eigenvalue weighted by molar-refractivity contribution is 0.0935. The van der Waals surface area contributed by atoms with Gasteiger partial charge in [-0.2, -0.15) is 0 Å². The number of nitrogens with one attached hydrogen (secondary N) is 2. The van der Waals surface area contributed by atoms with Gasteiger partial charge in [-0.1, -0.05) is 24.3 Å². The molecule has 4 N–H and O–H groups in total. The maximum Gasteiger partial charge on any atom is 0.270 e. The number of benzene rings is 2. The van der Waals surface area contributed by atoms with Gasteiger partial charge in [-0.05, 0) is 61.4 Å². The molecule has 0 spiro atoms. The first-order chi connectivity index (χ1) is 14.3. The maximum absolute atomic E-state index is 12.6. The Labute approximate surface area is 174 Å². The lowest BCUT2D eigenvalue weighted by atomic mass is 10.1. The van der Waals surface area contributed by atoms with Gasteiger partial charge in [-0.3, -0.25) is 14.6 Å². The van der Waals surface area contributed by atoms with Gasteiger partial charge in [0.15, 0.2) is 0 Å². The van der Waals surface area contributed by atoms with Crippen molar-refractivity contribution in [1.82, 2.24) is 15.6 Å². The molecule has 154 valence electrons. The molecule has 7 nitrogen and oxygen atoms in total. The SMILES string of the molecule is CC(NC(=O)c1ccnc(C(=O)NC(C)c2ccc(O)cc2)c1)c1ccc(O)cc1. The van der Waals surface area contributed by atoms with E-state index in [0.717, 1.165) is 11.1 Å². The fourth-order valence-corrected chi connectivity index (χ4v) is 2.94. The Morgan fingerprint density at radius 3 is 1.73 bits per heavy atom. The van der Waals surface area contributed by atoms with E-state index in [1.165, 1.54) is 12.3 Å². The highest BCUT2D eigenvalue weighted by atomic mass is 16.3. The number of nitrogens with zero attached hydrogens (tertiary/aromatic N) is 1. The average Bonchev–Trinajstić information content (AvgIpc) is 2.74. The van der Waals surface area contributed by atoms with Gasteiger partial charge in [0.05, 0.1) is 12.1 Å². The van der Waals surface area contributed by atoms with Gasteiger partial charge in [0, 0.05) is 11.8 Å². The number of pyridine rings is 1. The van der Waals surface area contributed by atoms with E-state index in [9.17, 15) is 19.8 Å². The van der Waals surface area contributed by atoms with Gasteiger partial charge in [-0.25, -0.2) is 0 Å². The Bertz CT molecular complexity index is 952. The first-order valence-corrected chi connectivity index (χ1v) is 9.49. The number of phenols is 2. The van der Waals surface area contributed by atoms with Gasteiger partial charge < -0.3 is 20.8 Å². The Morgan fingerprint density at radius 1 is 0.767 bits per heavy atom. The molecule has 1 aromatic heterocycles. The topological polar surface area (TPSA) is 112 Å². The summed E-state index contributed by atoms with van der Waals surface area (Å²) in [4.78, 5) is 29.2. The highest BCUT2D eigenvalue weighted by Crippen LogP contribution is 2.18. The summed E-state index contributed by atoms with van der Waals surface area (Å²) in [7, 11) is 0. The van der Waals surface area contributed by atoms with Gasteiger partial charge in [0.2, 0.25) is 0 Å². The van der Waals surface area contributed by atoms with Crippen LogP contribution in [-0.2, 0) is 0 Å². The summed E-state index contributed by atoms with van der Waals surface area (Å²) in [5.74, 6) is -0.432. The molecule has 1 heterocycles. The second-order valence-electron chi connectivity index (χ2n) is 7.00. The van der Waals surface area contributed by atoms with Crippen LogP contribution in [0.15, 0.2) is 66.9 Å². The highest BCUT2D eigenvalue weighted by molar-refractivity contribution is 5.98. The minimum absolute atomic E-state index is 0.130. The predicted molar refractivity (Wildman–Crippen MR) is 112 cm³/mol. The maximum atomic E-state index is 12.6. The van der Waals surface area contributed by atoms with Crippen LogP contribution in [0.2, 0.25) is 0 Å². The molecule has 3 aromatic rings.